The molecular formula is C9H14N2O3. The molecule has 0 unspecified atom stereocenters. The van der Waals surface area contributed by atoms with Crippen molar-refractivity contribution in [3.05, 3.63) is 12.4 Å². The molecule has 0 saturated heterocycles. The summed E-state index contributed by atoms with van der Waals surface area (Å²) < 4.78 is 11.6. The van der Waals surface area contributed by atoms with Crippen molar-refractivity contribution < 1.29 is 14.3 Å². The maximum Gasteiger partial charge on any atom is 0.344 e. The van der Waals surface area contributed by atoms with E-state index in [1.807, 2.05) is 0 Å². The third-order valence-corrected chi connectivity index (χ3v) is 1.41. The molecule has 5 nitrogen and oxygen atoms in total. The van der Waals surface area contributed by atoms with Gasteiger partial charge in [-0.3, -0.25) is 4.68 Å². The molecule has 0 aliphatic heterocycles. The van der Waals surface area contributed by atoms with Gasteiger partial charge in [-0.15, -0.1) is 0 Å². The van der Waals surface area contributed by atoms with Gasteiger partial charge in [-0.25, -0.2) is 4.79 Å². The summed E-state index contributed by atoms with van der Waals surface area (Å²) in [5.74, 6) is 0.192. The third-order valence-electron chi connectivity index (χ3n) is 1.41. The largest absolute Gasteiger partial charge is 0.479 e. The summed E-state index contributed by atoms with van der Waals surface area (Å²) in [6.45, 7) is 3.51. The Morgan fingerprint density at radius 1 is 1.64 bits per heavy atom. The van der Waals surface area contributed by atoms with E-state index in [1.165, 1.54) is 0 Å². The van der Waals surface area contributed by atoms with Crippen LogP contribution >= 0.6 is 0 Å². The molecule has 1 aromatic heterocycles. The van der Waals surface area contributed by atoms with E-state index in [4.69, 9.17) is 9.47 Å². The fraction of sp³-hybridized carbons (Fsp3) is 0.556. The molecule has 0 amide bonds. The minimum Gasteiger partial charge on any atom is -0.479 e. The SMILES string of the molecule is CC(C)OC(=O)COc1cnn(C)c1. The van der Waals surface area contributed by atoms with Gasteiger partial charge in [-0.05, 0) is 13.8 Å². The lowest BCUT2D eigenvalue weighted by molar-refractivity contribution is -0.149. The lowest BCUT2D eigenvalue weighted by atomic mass is 10.5. The highest BCUT2D eigenvalue weighted by Crippen LogP contribution is 2.06. The van der Waals surface area contributed by atoms with E-state index < -0.39 is 0 Å². The van der Waals surface area contributed by atoms with Crippen molar-refractivity contribution in [2.45, 2.75) is 20.0 Å². The summed E-state index contributed by atoms with van der Waals surface area (Å²) in [7, 11) is 1.78. The van der Waals surface area contributed by atoms with E-state index in [9.17, 15) is 4.79 Å². The number of carbonyl (C=O) groups excluding carboxylic acids is 1. The molecule has 1 aromatic rings. The summed E-state index contributed by atoms with van der Waals surface area (Å²) in [5, 5.41) is 3.90. The van der Waals surface area contributed by atoms with E-state index in [0.29, 0.717) is 5.75 Å². The second-order valence-corrected chi connectivity index (χ2v) is 3.18. The molecule has 0 aliphatic rings. The number of aryl methyl sites for hydroxylation is 1. The minimum atomic E-state index is -0.371. The van der Waals surface area contributed by atoms with Gasteiger partial charge in [-0.1, -0.05) is 0 Å². The quantitative estimate of drug-likeness (QED) is 0.670. The topological polar surface area (TPSA) is 53.4 Å². The van der Waals surface area contributed by atoms with Gasteiger partial charge in [0, 0.05) is 7.05 Å². The number of hydrogen-bond donors (Lipinski definition) is 0. The van der Waals surface area contributed by atoms with Crippen LogP contribution in [0.2, 0.25) is 0 Å². The van der Waals surface area contributed by atoms with Crippen LogP contribution in [0.4, 0.5) is 0 Å². The lowest BCUT2D eigenvalue weighted by Crippen LogP contribution is -2.18. The van der Waals surface area contributed by atoms with Crippen molar-refractivity contribution in [3.63, 3.8) is 0 Å². The molecule has 0 bridgehead atoms. The van der Waals surface area contributed by atoms with Crippen molar-refractivity contribution in [1.29, 1.82) is 0 Å². The van der Waals surface area contributed by atoms with Gasteiger partial charge in [0.2, 0.25) is 0 Å². The van der Waals surface area contributed by atoms with Crippen LogP contribution in [-0.2, 0) is 16.6 Å². The summed E-state index contributed by atoms with van der Waals surface area (Å²) >= 11 is 0. The second-order valence-electron chi connectivity index (χ2n) is 3.18. The maximum atomic E-state index is 11.1. The molecule has 0 spiro atoms. The van der Waals surface area contributed by atoms with Gasteiger partial charge in [0.25, 0.3) is 0 Å². The molecule has 0 aromatic carbocycles. The molecule has 5 heteroatoms. The van der Waals surface area contributed by atoms with Crippen molar-refractivity contribution in [2.24, 2.45) is 7.05 Å². The van der Waals surface area contributed by atoms with Crippen molar-refractivity contribution in [3.8, 4) is 5.75 Å². The van der Waals surface area contributed by atoms with E-state index in [2.05, 4.69) is 5.10 Å². The predicted octanol–water partition coefficient (Wildman–Crippen LogP) is 0.750. The van der Waals surface area contributed by atoms with Crippen LogP contribution in [0.15, 0.2) is 12.4 Å². The van der Waals surface area contributed by atoms with E-state index in [0.717, 1.165) is 0 Å². The van der Waals surface area contributed by atoms with Crippen LogP contribution in [0.1, 0.15) is 13.8 Å². The number of hydrogen-bond acceptors (Lipinski definition) is 4. The summed E-state index contributed by atoms with van der Waals surface area (Å²) in [6.07, 6.45) is 3.12. The van der Waals surface area contributed by atoms with E-state index in [-0.39, 0.29) is 18.7 Å². The van der Waals surface area contributed by atoms with Gasteiger partial charge in [0.1, 0.15) is 0 Å². The predicted molar refractivity (Wildman–Crippen MR) is 49.9 cm³/mol. The third kappa shape index (κ3) is 3.47. The minimum absolute atomic E-state index is 0.0795. The molecule has 0 radical (unpaired) electrons. The number of carbonyl (C=O) groups is 1. The Kier molecular flexibility index (Phi) is 3.50. The van der Waals surface area contributed by atoms with Crippen LogP contribution in [0, 0.1) is 0 Å². The Bertz CT molecular complexity index is 307. The fourth-order valence-corrected chi connectivity index (χ4v) is 0.912. The van der Waals surface area contributed by atoms with Crippen molar-refractivity contribution >= 4 is 5.97 Å². The van der Waals surface area contributed by atoms with Crippen molar-refractivity contribution in [1.82, 2.24) is 9.78 Å². The summed E-state index contributed by atoms with van der Waals surface area (Å²) in [5.41, 5.74) is 0. The first kappa shape index (κ1) is 10.6. The number of nitrogens with zero attached hydrogens (tertiary/aromatic N) is 2. The highest BCUT2D eigenvalue weighted by atomic mass is 16.6. The van der Waals surface area contributed by atoms with Crippen LogP contribution in [0.3, 0.4) is 0 Å². The Morgan fingerprint density at radius 3 is 2.86 bits per heavy atom. The molecule has 78 valence electrons. The molecular weight excluding hydrogens is 184 g/mol. The highest BCUT2D eigenvalue weighted by Gasteiger charge is 2.06. The zero-order valence-corrected chi connectivity index (χ0v) is 8.56. The molecule has 0 aliphatic carbocycles. The normalized spacial score (nSPS) is 10.3. The van der Waals surface area contributed by atoms with Crippen molar-refractivity contribution in [2.75, 3.05) is 6.61 Å². The lowest BCUT2D eigenvalue weighted by Gasteiger charge is -2.07. The Balaban J connectivity index is 2.30. The van der Waals surface area contributed by atoms with Gasteiger partial charge < -0.3 is 9.47 Å². The number of aromatic nitrogens is 2. The summed E-state index contributed by atoms with van der Waals surface area (Å²) in [4.78, 5) is 11.1. The van der Waals surface area contributed by atoms with Gasteiger partial charge >= 0.3 is 5.97 Å². The monoisotopic (exact) mass is 198 g/mol. The number of esters is 1. The molecule has 0 fully saturated rings. The van der Waals surface area contributed by atoms with Crippen LogP contribution in [-0.4, -0.2) is 28.5 Å². The first-order valence-corrected chi connectivity index (χ1v) is 4.39. The zero-order valence-electron chi connectivity index (χ0n) is 8.56. The van der Waals surface area contributed by atoms with Crippen LogP contribution in [0.5, 0.6) is 5.75 Å². The Hall–Kier alpha value is -1.52. The standard InChI is InChI=1S/C9H14N2O3/c1-7(2)14-9(12)6-13-8-4-10-11(3)5-8/h4-5,7H,6H2,1-3H3. The Morgan fingerprint density at radius 2 is 2.36 bits per heavy atom. The number of ether oxygens (including phenoxy) is 2. The average molecular weight is 198 g/mol. The maximum absolute atomic E-state index is 11.1. The zero-order chi connectivity index (χ0) is 10.6. The Labute approximate surface area is 82.6 Å². The molecule has 0 atom stereocenters. The van der Waals surface area contributed by atoms with Gasteiger partial charge in [0.15, 0.2) is 12.4 Å². The molecule has 14 heavy (non-hydrogen) atoms. The van der Waals surface area contributed by atoms with Gasteiger partial charge in [0.05, 0.1) is 18.5 Å². The van der Waals surface area contributed by atoms with Gasteiger partial charge in [-0.2, -0.15) is 5.10 Å². The molecule has 1 rings (SSSR count). The highest BCUT2D eigenvalue weighted by molar-refractivity contribution is 5.71. The fourth-order valence-electron chi connectivity index (χ4n) is 0.912. The van der Waals surface area contributed by atoms with E-state index in [1.54, 1.807) is 38.0 Å². The average Bonchev–Trinajstić information content (AvgIpc) is 2.47. The second kappa shape index (κ2) is 4.64. The number of rotatable bonds is 4. The molecule has 0 N–H and O–H groups in total. The van der Waals surface area contributed by atoms with Crippen LogP contribution in [0.25, 0.3) is 0 Å². The first-order chi connectivity index (χ1) is 6.58. The van der Waals surface area contributed by atoms with E-state index >= 15 is 0 Å². The summed E-state index contributed by atoms with van der Waals surface area (Å²) in [6, 6.07) is 0. The van der Waals surface area contributed by atoms with Crippen LogP contribution < -0.4 is 4.74 Å². The first-order valence-electron chi connectivity index (χ1n) is 4.39. The molecule has 1 heterocycles. The molecule has 0 saturated carbocycles. The smallest absolute Gasteiger partial charge is 0.344 e.